The summed E-state index contributed by atoms with van der Waals surface area (Å²) in [5, 5.41) is 18.6. The van der Waals surface area contributed by atoms with Gasteiger partial charge in [-0.05, 0) is 43.4 Å². The summed E-state index contributed by atoms with van der Waals surface area (Å²) in [6.07, 6.45) is 2.49. The van der Waals surface area contributed by atoms with Crippen LogP contribution in [0.1, 0.15) is 51.6 Å². The van der Waals surface area contributed by atoms with Crippen molar-refractivity contribution in [2.75, 3.05) is 18.8 Å². The molecule has 0 spiro atoms. The minimum absolute atomic E-state index is 0. The second-order valence-corrected chi connectivity index (χ2v) is 12.0. The van der Waals surface area contributed by atoms with Gasteiger partial charge < -0.3 is 15.0 Å². The Bertz CT molecular complexity index is 1320. The standard InChI is InChI=1S/C29H36N4O6S.H2/c1-2-24(26(35)28(31)39-27(30)22-14-8-4-9-15-22)32-29(36)23(18-25(34)33-16-10-5-11-17-33)20-40(37,38)19-21-12-6-3-7-13-21;/h3-4,6-9,12-15,23-24,30-31H,2,5,10-11,16-20H2,1H3,(H,32,36);1H/t23?,24-;/m0./s1. The number of rotatable bonds is 12. The second kappa shape index (κ2) is 14.5. The van der Waals surface area contributed by atoms with Crippen LogP contribution in [0.4, 0.5) is 0 Å². The highest BCUT2D eigenvalue weighted by Crippen LogP contribution is 2.18. The van der Waals surface area contributed by atoms with Gasteiger partial charge >= 0.3 is 0 Å². The first-order valence-electron chi connectivity index (χ1n) is 13.4. The molecule has 2 aromatic carbocycles. The molecule has 1 heterocycles. The number of likely N-dealkylation sites (tertiary alicyclic amines) is 1. The minimum Gasteiger partial charge on any atom is -0.417 e. The van der Waals surface area contributed by atoms with E-state index in [-0.39, 0.29) is 25.9 Å². The smallest absolute Gasteiger partial charge is 0.259 e. The first-order chi connectivity index (χ1) is 19.1. The fraction of sp³-hybridized carbons (Fsp3) is 0.414. The third-order valence-corrected chi connectivity index (χ3v) is 8.37. The SMILES string of the molecule is CC[C@H](NC(=O)C(CC(=O)N1CCCCC1)CS(=O)(=O)Cc1ccccc1)C(=O)C(=N)OC(=N)c1ccccc1.[HH]. The number of hydrogen-bond donors (Lipinski definition) is 3. The van der Waals surface area contributed by atoms with E-state index in [1.807, 2.05) is 0 Å². The quantitative estimate of drug-likeness (QED) is 0.262. The molecular weight excluding hydrogens is 532 g/mol. The van der Waals surface area contributed by atoms with E-state index >= 15 is 0 Å². The number of Topliss-reactive ketones (excluding diaryl/α,β-unsaturated/α-hetero) is 1. The summed E-state index contributed by atoms with van der Waals surface area (Å²) in [6.45, 7) is 2.74. The number of carbonyl (C=O) groups is 3. The monoisotopic (exact) mass is 570 g/mol. The van der Waals surface area contributed by atoms with E-state index in [1.165, 1.54) is 0 Å². The number of ether oxygens (including phenoxy) is 1. The van der Waals surface area contributed by atoms with E-state index < -0.39 is 51.0 Å². The zero-order valence-corrected chi connectivity index (χ0v) is 23.4. The molecule has 11 heteroatoms. The predicted octanol–water partition coefficient (Wildman–Crippen LogP) is 3.35. The molecule has 0 bridgehead atoms. The zero-order valence-electron chi connectivity index (χ0n) is 22.6. The molecule has 2 atom stereocenters. The summed E-state index contributed by atoms with van der Waals surface area (Å²) in [4.78, 5) is 41.0. The number of carbonyl (C=O) groups excluding carboxylic acids is 3. The number of nitrogens with one attached hydrogen (secondary N) is 3. The summed E-state index contributed by atoms with van der Waals surface area (Å²) in [7, 11) is -3.79. The van der Waals surface area contributed by atoms with E-state index in [1.54, 1.807) is 72.5 Å². The Kier molecular flexibility index (Phi) is 11.1. The van der Waals surface area contributed by atoms with Crippen molar-refractivity contribution in [3.05, 3.63) is 71.8 Å². The molecule has 40 heavy (non-hydrogen) atoms. The molecule has 1 fully saturated rings. The van der Waals surface area contributed by atoms with Crippen molar-refractivity contribution in [1.29, 1.82) is 10.8 Å². The maximum atomic E-state index is 13.4. The Balaban J connectivity index is 0.00000588. The molecule has 1 aliphatic rings. The van der Waals surface area contributed by atoms with Crippen molar-refractivity contribution in [3.8, 4) is 0 Å². The van der Waals surface area contributed by atoms with Crippen molar-refractivity contribution in [1.82, 2.24) is 10.2 Å². The largest absolute Gasteiger partial charge is 0.417 e. The van der Waals surface area contributed by atoms with E-state index in [2.05, 4.69) is 5.32 Å². The van der Waals surface area contributed by atoms with E-state index in [9.17, 15) is 22.8 Å². The Hall–Kier alpha value is -3.86. The third-order valence-electron chi connectivity index (χ3n) is 6.69. The second-order valence-electron chi connectivity index (χ2n) is 9.84. The third kappa shape index (κ3) is 9.11. The lowest BCUT2D eigenvalue weighted by atomic mass is 10.0. The van der Waals surface area contributed by atoms with Gasteiger partial charge in [-0.2, -0.15) is 0 Å². The molecular formula is C29H38N4O6S. The number of hydrogen-bond acceptors (Lipinski definition) is 8. The predicted molar refractivity (Wildman–Crippen MR) is 154 cm³/mol. The first-order valence-corrected chi connectivity index (χ1v) is 15.2. The number of sulfone groups is 1. The van der Waals surface area contributed by atoms with Crippen molar-refractivity contribution >= 4 is 39.2 Å². The summed E-state index contributed by atoms with van der Waals surface area (Å²) in [5.41, 5.74) is 0.939. The molecule has 0 aromatic heterocycles. The average Bonchev–Trinajstić information content (AvgIpc) is 2.96. The average molecular weight is 571 g/mol. The van der Waals surface area contributed by atoms with Crippen LogP contribution in [0.15, 0.2) is 60.7 Å². The highest BCUT2D eigenvalue weighted by molar-refractivity contribution is 7.90. The van der Waals surface area contributed by atoms with Crippen LogP contribution in [0.3, 0.4) is 0 Å². The summed E-state index contributed by atoms with van der Waals surface area (Å²) < 4.78 is 31.3. The van der Waals surface area contributed by atoms with Crippen LogP contribution >= 0.6 is 0 Å². The normalized spacial score (nSPS) is 15.0. The Morgan fingerprint density at radius 3 is 2.17 bits per heavy atom. The van der Waals surface area contributed by atoms with Gasteiger partial charge in [-0.1, -0.05) is 55.5 Å². The Labute approximate surface area is 236 Å². The summed E-state index contributed by atoms with van der Waals surface area (Å²) in [5.74, 6) is -5.20. The topological polar surface area (TPSA) is 158 Å². The van der Waals surface area contributed by atoms with Crippen molar-refractivity contribution in [2.45, 2.75) is 50.8 Å². The molecule has 3 N–H and O–H groups in total. The first kappa shape index (κ1) is 30.7. The van der Waals surface area contributed by atoms with Crippen molar-refractivity contribution < 1.29 is 29.0 Å². The lowest BCUT2D eigenvalue weighted by Gasteiger charge is -2.28. The maximum Gasteiger partial charge on any atom is 0.259 e. The van der Waals surface area contributed by atoms with Crippen LogP contribution in [0.5, 0.6) is 0 Å². The molecule has 2 amide bonds. The van der Waals surface area contributed by atoms with Crippen LogP contribution in [0.2, 0.25) is 0 Å². The van der Waals surface area contributed by atoms with Crippen LogP contribution in [-0.2, 0) is 34.7 Å². The number of benzene rings is 2. The van der Waals surface area contributed by atoms with Crippen molar-refractivity contribution in [3.63, 3.8) is 0 Å². The molecule has 10 nitrogen and oxygen atoms in total. The van der Waals surface area contributed by atoms with Gasteiger partial charge in [-0.25, -0.2) is 8.42 Å². The number of piperidine rings is 1. The molecule has 1 unspecified atom stereocenters. The van der Waals surface area contributed by atoms with Crippen LogP contribution in [-0.4, -0.2) is 67.6 Å². The fourth-order valence-corrected chi connectivity index (χ4v) is 6.21. The number of amides is 2. The molecule has 1 aliphatic heterocycles. The van der Waals surface area contributed by atoms with E-state index in [4.69, 9.17) is 15.6 Å². The Morgan fingerprint density at radius 1 is 0.975 bits per heavy atom. The van der Waals surface area contributed by atoms with Gasteiger partial charge in [0.25, 0.3) is 5.90 Å². The zero-order chi connectivity index (χ0) is 29.1. The van der Waals surface area contributed by atoms with Gasteiger partial charge in [0.1, 0.15) is 0 Å². The fourth-order valence-electron chi connectivity index (χ4n) is 4.51. The number of nitrogens with zero attached hydrogens (tertiary/aromatic N) is 1. The molecule has 0 radical (unpaired) electrons. The van der Waals surface area contributed by atoms with Gasteiger partial charge in [-0.3, -0.25) is 25.2 Å². The summed E-state index contributed by atoms with van der Waals surface area (Å²) in [6, 6.07) is 15.7. The maximum absolute atomic E-state index is 13.4. The molecule has 216 valence electrons. The highest BCUT2D eigenvalue weighted by atomic mass is 32.2. The van der Waals surface area contributed by atoms with Crippen LogP contribution in [0, 0.1) is 16.7 Å². The molecule has 3 rings (SSSR count). The Morgan fingerprint density at radius 2 is 1.57 bits per heavy atom. The molecule has 0 aliphatic carbocycles. The van der Waals surface area contributed by atoms with Gasteiger partial charge in [0, 0.05) is 26.5 Å². The van der Waals surface area contributed by atoms with E-state index in [0.29, 0.717) is 24.2 Å². The minimum atomic E-state index is -3.79. The summed E-state index contributed by atoms with van der Waals surface area (Å²) >= 11 is 0. The van der Waals surface area contributed by atoms with Crippen molar-refractivity contribution in [2.24, 2.45) is 5.92 Å². The molecule has 2 aromatic rings. The number of ketones is 1. The van der Waals surface area contributed by atoms with Crippen LogP contribution < -0.4 is 5.32 Å². The van der Waals surface area contributed by atoms with Gasteiger partial charge in [-0.15, -0.1) is 0 Å². The lowest BCUT2D eigenvalue weighted by molar-refractivity contribution is -0.137. The highest BCUT2D eigenvalue weighted by Gasteiger charge is 2.33. The van der Waals surface area contributed by atoms with E-state index in [0.717, 1.165) is 19.3 Å². The van der Waals surface area contributed by atoms with Gasteiger partial charge in [0.05, 0.1) is 23.5 Å². The molecule has 1 saturated heterocycles. The van der Waals surface area contributed by atoms with Gasteiger partial charge in [0.2, 0.25) is 23.5 Å². The van der Waals surface area contributed by atoms with Gasteiger partial charge in [0.15, 0.2) is 9.84 Å². The van der Waals surface area contributed by atoms with Crippen LogP contribution in [0.25, 0.3) is 0 Å². The molecule has 0 saturated carbocycles. The lowest BCUT2D eigenvalue weighted by Crippen LogP contribution is -2.48.